The second-order valence-electron chi connectivity index (χ2n) is 4.05. The quantitative estimate of drug-likeness (QED) is 0.809. The van der Waals surface area contributed by atoms with Crippen LogP contribution in [0.4, 0.5) is 0 Å². The maximum atomic E-state index is 11.7. The van der Waals surface area contributed by atoms with Crippen LogP contribution in [0.5, 0.6) is 0 Å². The van der Waals surface area contributed by atoms with Crippen LogP contribution in [0.25, 0.3) is 0 Å². The second-order valence-corrected chi connectivity index (χ2v) is 4.05. The lowest BCUT2D eigenvalue weighted by Crippen LogP contribution is -2.40. The van der Waals surface area contributed by atoms with Gasteiger partial charge >= 0.3 is 5.97 Å². The van der Waals surface area contributed by atoms with E-state index in [1.54, 1.807) is 45.0 Å². The summed E-state index contributed by atoms with van der Waals surface area (Å²) in [4.78, 5) is 23.2. The Morgan fingerprint density at radius 1 is 1.12 bits per heavy atom. The number of hydrogen-bond acceptors (Lipinski definition) is 3. The van der Waals surface area contributed by atoms with Crippen LogP contribution in [0.15, 0.2) is 30.3 Å². The molecule has 1 aromatic rings. The molecule has 1 amide bonds. The van der Waals surface area contributed by atoms with Crippen LogP contribution in [0.2, 0.25) is 0 Å². The zero-order valence-corrected chi connectivity index (χ0v) is 10.3. The van der Waals surface area contributed by atoms with Crippen LogP contribution in [0.3, 0.4) is 0 Å². The molecule has 0 aromatic heterocycles. The summed E-state index contributed by atoms with van der Waals surface area (Å²) in [6.45, 7) is 5.14. The summed E-state index contributed by atoms with van der Waals surface area (Å²) >= 11 is 0. The molecular formula is C13H17NO3. The van der Waals surface area contributed by atoms with Crippen molar-refractivity contribution in [2.75, 3.05) is 0 Å². The summed E-state index contributed by atoms with van der Waals surface area (Å²) < 4.78 is 5.00. The van der Waals surface area contributed by atoms with Crippen molar-refractivity contribution in [3.8, 4) is 0 Å². The Balaban J connectivity index is 2.55. The molecule has 0 saturated carbocycles. The number of carbonyl (C=O) groups excluding carboxylic acids is 2. The van der Waals surface area contributed by atoms with Gasteiger partial charge in [0, 0.05) is 5.56 Å². The van der Waals surface area contributed by atoms with E-state index in [0.29, 0.717) is 5.56 Å². The highest BCUT2D eigenvalue weighted by Gasteiger charge is 2.18. The van der Waals surface area contributed by atoms with E-state index >= 15 is 0 Å². The number of ether oxygens (including phenoxy) is 1. The molecule has 4 nitrogen and oxygen atoms in total. The van der Waals surface area contributed by atoms with Gasteiger partial charge in [-0.2, -0.15) is 0 Å². The summed E-state index contributed by atoms with van der Waals surface area (Å²) in [6.07, 6.45) is -0.182. The minimum absolute atomic E-state index is 0.182. The van der Waals surface area contributed by atoms with Gasteiger partial charge in [-0.25, -0.2) is 4.79 Å². The van der Waals surface area contributed by atoms with Crippen LogP contribution in [-0.4, -0.2) is 24.0 Å². The van der Waals surface area contributed by atoms with Gasteiger partial charge < -0.3 is 10.1 Å². The minimum atomic E-state index is -0.648. The second kappa shape index (κ2) is 6.03. The van der Waals surface area contributed by atoms with Crippen molar-refractivity contribution < 1.29 is 14.3 Å². The van der Waals surface area contributed by atoms with E-state index in [4.69, 9.17) is 4.74 Å². The molecule has 4 heteroatoms. The van der Waals surface area contributed by atoms with Gasteiger partial charge in [0.25, 0.3) is 5.91 Å². The van der Waals surface area contributed by atoms with Gasteiger partial charge in [0.05, 0.1) is 6.10 Å². The molecule has 0 spiro atoms. The molecule has 92 valence electrons. The number of esters is 1. The fourth-order valence-electron chi connectivity index (χ4n) is 1.26. The third-order valence-corrected chi connectivity index (χ3v) is 2.09. The highest BCUT2D eigenvalue weighted by molar-refractivity contribution is 5.96. The van der Waals surface area contributed by atoms with Crippen LogP contribution < -0.4 is 5.32 Å². The van der Waals surface area contributed by atoms with Crippen molar-refractivity contribution in [3.63, 3.8) is 0 Å². The third kappa shape index (κ3) is 4.26. The fraction of sp³-hybridized carbons (Fsp3) is 0.385. The molecule has 1 rings (SSSR count). The van der Waals surface area contributed by atoms with Gasteiger partial charge in [0.1, 0.15) is 6.04 Å². The number of amides is 1. The molecule has 1 atom stereocenters. The maximum Gasteiger partial charge on any atom is 0.328 e. The first-order chi connectivity index (χ1) is 8.00. The normalized spacial score (nSPS) is 12.0. The van der Waals surface area contributed by atoms with Gasteiger partial charge in [-0.3, -0.25) is 4.79 Å². The summed E-state index contributed by atoms with van der Waals surface area (Å²) in [6, 6.07) is 8.10. The van der Waals surface area contributed by atoms with Crippen molar-refractivity contribution in [1.82, 2.24) is 5.32 Å². The number of benzene rings is 1. The van der Waals surface area contributed by atoms with Crippen molar-refractivity contribution in [3.05, 3.63) is 35.9 Å². The molecule has 0 bridgehead atoms. The van der Waals surface area contributed by atoms with Crippen molar-refractivity contribution >= 4 is 11.9 Å². The first-order valence-electron chi connectivity index (χ1n) is 5.57. The smallest absolute Gasteiger partial charge is 0.328 e. The summed E-state index contributed by atoms with van der Waals surface area (Å²) in [7, 11) is 0. The molecule has 0 unspecified atom stereocenters. The van der Waals surface area contributed by atoms with E-state index in [1.807, 2.05) is 6.07 Å². The van der Waals surface area contributed by atoms with Gasteiger partial charge in [-0.1, -0.05) is 18.2 Å². The molecule has 0 aliphatic heterocycles. The van der Waals surface area contributed by atoms with Gasteiger partial charge in [-0.15, -0.1) is 0 Å². The lowest BCUT2D eigenvalue weighted by Gasteiger charge is -2.15. The molecule has 0 radical (unpaired) electrons. The molecule has 0 fully saturated rings. The number of nitrogens with one attached hydrogen (secondary N) is 1. The van der Waals surface area contributed by atoms with E-state index in [2.05, 4.69) is 5.32 Å². The Kier molecular flexibility index (Phi) is 4.69. The first kappa shape index (κ1) is 13.2. The maximum absolute atomic E-state index is 11.7. The average Bonchev–Trinajstić information content (AvgIpc) is 2.29. The summed E-state index contributed by atoms with van der Waals surface area (Å²) in [5.74, 6) is -0.705. The van der Waals surface area contributed by atoms with Gasteiger partial charge in [-0.05, 0) is 32.9 Å². The zero-order valence-electron chi connectivity index (χ0n) is 10.3. The van der Waals surface area contributed by atoms with Crippen molar-refractivity contribution in [1.29, 1.82) is 0 Å². The van der Waals surface area contributed by atoms with Gasteiger partial charge in [0.15, 0.2) is 0 Å². The van der Waals surface area contributed by atoms with E-state index in [1.165, 1.54) is 0 Å². The lowest BCUT2D eigenvalue weighted by molar-refractivity contribution is -0.149. The third-order valence-electron chi connectivity index (χ3n) is 2.09. The van der Waals surface area contributed by atoms with E-state index in [9.17, 15) is 9.59 Å². The zero-order chi connectivity index (χ0) is 12.8. The topological polar surface area (TPSA) is 55.4 Å². The van der Waals surface area contributed by atoms with Gasteiger partial charge in [0.2, 0.25) is 0 Å². The molecule has 0 aliphatic carbocycles. The summed E-state index contributed by atoms with van der Waals surface area (Å²) in [5.41, 5.74) is 0.525. The Labute approximate surface area is 101 Å². The van der Waals surface area contributed by atoms with Crippen LogP contribution in [0, 0.1) is 0 Å². The number of rotatable bonds is 4. The number of hydrogen-bond donors (Lipinski definition) is 1. The SMILES string of the molecule is CC(C)OC(=O)[C@@H](C)NC(=O)c1ccccc1. The number of carbonyl (C=O) groups is 2. The first-order valence-corrected chi connectivity index (χ1v) is 5.57. The minimum Gasteiger partial charge on any atom is -0.461 e. The Morgan fingerprint density at radius 2 is 1.71 bits per heavy atom. The molecule has 0 saturated heterocycles. The Morgan fingerprint density at radius 3 is 2.24 bits per heavy atom. The van der Waals surface area contributed by atoms with Crippen molar-refractivity contribution in [2.24, 2.45) is 0 Å². The molecule has 17 heavy (non-hydrogen) atoms. The lowest BCUT2D eigenvalue weighted by atomic mass is 10.2. The van der Waals surface area contributed by atoms with E-state index in [0.717, 1.165) is 0 Å². The fourth-order valence-corrected chi connectivity index (χ4v) is 1.26. The van der Waals surface area contributed by atoms with E-state index in [-0.39, 0.29) is 12.0 Å². The average molecular weight is 235 g/mol. The molecule has 1 aromatic carbocycles. The largest absolute Gasteiger partial charge is 0.461 e. The predicted molar refractivity (Wildman–Crippen MR) is 64.6 cm³/mol. The molecular weight excluding hydrogens is 218 g/mol. The molecule has 0 heterocycles. The Bertz CT molecular complexity index is 387. The van der Waals surface area contributed by atoms with Crippen molar-refractivity contribution in [2.45, 2.75) is 32.9 Å². The standard InChI is InChI=1S/C13H17NO3/c1-9(2)17-13(16)10(3)14-12(15)11-7-5-4-6-8-11/h4-10H,1-3H3,(H,14,15)/t10-/m1/s1. The van der Waals surface area contributed by atoms with Crippen LogP contribution >= 0.6 is 0 Å². The highest BCUT2D eigenvalue weighted by atomic mass is 16.5. The predicted octanol–water partition coefficient (Wildman–Crippen LogP) is 1.76. The summed E-state index contributed by atoms with van der Waals surface area (Å²) in [5, 5.41) is 2.59. The molecule has 0 aliphatic rings. The Hall–Kier alpha value is -1.84. The monoisotopic (exact) mass is 235 g/mol. The van der Waals surface area contributed by atoms with E-state index < -0.39 is 12.0 Å². The van der Waals surface area contributed by atoms with Crippen LogP contribution in [0.1, 0.15) is 31.1 Å². The van der Waals surface area contributed by atoms with Crippen LogP contribution in [-0.2, 0) is 9.53 Å². The highest BCUT2D eigenvalue weighted by Crippen LogP contribution is 2.00. The molecule has 1 N–H and O–H groups in total.